The molecule has 8 atom stereocenters. The molecule has 1 spiro atoms. The summed E-state index contributed by atoms with van der Waals surface area (Å²) in [5, 5.41) is 31.0. The summed E-state index contributed by atoms with van der Waals surface area (Å²) in [5.41, 5.74) is 1.31. The minimum atomic E-state index is -0.898. The van der Waals surface area contributed by atoms with Gasteiger partial charge < -0.3 is 20.1 Å². The molecule has 2 bridgehead atoms. The van der Waals surface area contributed by atoms with Crippen LogP contribution >= 0.6 is 0 Å². The highest BCUT2D eigenvalue weighted by atomic mass is 16.5. The van der Waals surface area contributed by atoms with Crippen molar-refractivity contribution >= 4 is 11.6 Å². The second-order valence-electron chi connectivity index (χ2n) is 21.1. The van der Waals surface area contributed by atoms with E-state index in [-0.39, 0.29) is 45.9 Å². The number of hydrogen-bond acceptors (Lipinski definition) is 6. The first-order chi connectivity index (χ1) is 23.9. The zero-order chi connectivity index (χ0) is 38.6. The first kappa shape index (κ1) is 41.8. The summed E-state index contributed by atoms with van der Waals surface area (Å²) < 4.78 is 6.81. The Bertz CT molecular complexity index is 1390. The lowest BCUT2D eigenvalue weighted by atomic mass is 9.53. The first-order valence-corrected chi connectivity index (χ1v) is 21.2. The summed E-state index contributed by atoms with van der Waals surface area (Å²) in [6.45, 7) is 21.2. The fourth-order valence-electron chi connectivity index (χ4n) is 11.6. The van der Waals surface area contributed by atoms with Gasteiger partial charge in [0.15, 0.2) is 5.78 Å². The van der Waals surface area contributed by atoms with Crippen LogP contribution in [-0.2, 0) is 14.3 Å². The number of carbonyl (C=O) groups excluding carboxylic acids is 2. The van der Waals surface area contributed by atoms with Gasteiger partial charge in [-0.3, -0.25) is 9.59 Å². The third kappa shape index (κ3) is 8.12. The molecule has 0 aromatic carbocycles. The van der Waals surface area contributed by atoms with E-state index >= 15 is 0 Å². The average Bonchev–Trinajstić information content (AvgIpc) is 3.27. The number of ketones is 2. The van der Waals surface area contributed by atoms with Crippen molar-refractivity contribution in [2.45, 2.75) is 219 Å². The molecule has 0 radical (unpaired) electrons. The number of rotatable bonds is 5. The lowest BCUT2D eigenvalue weighted by molar-refractivity contribution is -0.175. The molecule has 0 unspecified atom stereocenters. The summed E-state index contributed by atoms with van der Waals surface area (Å²) in [4.78, 5) is 23.1. The van der Waals surface area contributed by atoms with Crippen LogP contribution < -0.4 is 0 Å². The van der Waals surface area contributed by atoms with E-state index in [1.807, 2.05) is 19.9 Å². The molecule has 7 aliphatic rings. The zero-order valence-corrected chi connectivity index (χ0v) is 34.9. The first-order valence-electron chi connectivity index (χ1n) is 21.2. The Kier molecular flexibility index (Phi) is 11.8. The van der Waals surface area contributed by atoms with Crippen LogP contribution in [0, 0.1) is 34.0 Å². The summed E-state index contributed by atoms with van der Waals surface area (Å²) >= 11 is 0. The van der Waals surface area contributed by atoms with Crippen LogP contribution in [0.3, 0.4) is 0 Å². The van der Waals surface area contributed by atoms with Crippen LogP contribution in [0.4, 0.5) is 0 Å². The molecule has 5 fully saturated rings. The summed E-state index contributed by atoms with van der Waals surface area (Å²) in [5.74, 6) is 1.60. The molecule has 6 nitrogen and oxygen atoms in total. The Hall–Kier alpha value is -1.34. The maximum Gasteiger partial charge on any atom is 0.155 e. The highest BCUT2D eigenvalue weighted by molar-refractivity contribution is 5.91. The molecule has 1 saturated heterocycles. The van der Waals surface area contributed by atoms with E-state index in [1.54, 1.807) is 19.4 Å². The Morgan fingerprint density at radius 1 is 0.808 bits per heavy atom. The van der Waals surface area contributed by atoms with Crippen molar-refractivity contribution in [2.75, 3.05) is 0 Å². The predicted octanol–water partition coefficient (Wildman–Crippen LogP) is 10.2. The van der Waals surface area contributed by atoms with Crippen LogP contribution in [0.2, 0.25) is 0 Å². The minimum absolute atomic E-state index is 0.0837. The van der Waals surface area contributed by atoms with Crippen LogP contribution in [0.15, 0.2) is 23.3 Å². The maximum atomic E-state index is 11.6. The van der Waals surface area contributed by atoms with Gasteiger partial charge in [0.1, 0.15) is 5.78 Å². The number of fused-ring (bicyclic) bond motifs is 3. The van der Waals surface area contributed by atoms with Crippen molar-refractivity contribution in [1.29, 1.82) is 0 Å². The van der Waals surface area contributed by atoms with Crippen LogP contribution in [0.5, 0.6) is 0 Å². The molecule has 0 aromatic rings. The molecule has 6 heteroatoms. The topological polar surface area (TPSA) is 104 Å². The van der Waals surface area contributed by atoms with Gasteiger partial charge in [0.2, 0.25) is 0 Å². The van der Waals surface area contributed by atoms with Crippen LogP contribution in [0.25, 0.3) is 0 Å². The van der Waals surface area contributed by atoms with Gasteiger partial charge in [-0.1, -0.05) is 45.8 Å². The van der Waals surface area contributed by atoms with Gasteiger partial charge >= 0.3 is 0 Å². The number of carbonyl (C=O) groups is 2. The van der Waals surface area contributed by atoms with E-state index in [0.717, 1.165) is 50.9 Å². The Labute approximate surface area is 317 Å². The minimum Gasteiger partial charge on any atom is -0.390 e. The van der Waals surface area contributed by atoms with E-state index in [2.05, 4.69) is 47.6 Å². The molecular weight excluding hydrogens is 649 g/mol. The number of ether oxygens (including phenoxy) is 1. The normalized spacial score (nSPS) is 41.1. The van der Waals surface area contributed by atoms with Gasteiger partial charge in [-0.25, -0.2) is 0 Å². The van der Waals surface area contributed by atoms with E-state index < -0.39 is 16.8 Å². The molecule has 7 rings (SSSR count). The van der Waals surface area contributed by atoms with Gasteiger partial charge in [0.05, 0.1) is 28.0 Å². The van der Waals surface area contributed by atoms with E-state index in [9.17, 15) is 24.9 Å². The molecular formula is C46H76O6. The fourth-order valence-corrected chi connectivity index (χ4v) is 11.6. The molecule has 4 saturated carbocycles. The Morgan fingerprint density at radius 2 is 1.46 bits per heavy atom. The van der Waals surface area contributed by atoms with Crippen LogP contribution in [-0.4, -0.2) is 54.9 Å². The van der Waals surface area contributed by atoms with Gasteiger partial charge in [-0.2, -0.15) is 0 Å². The lowest BCUT2D eigenvalue weighted by Crippen LogP contribution is -2.57. The highest BCUT2D eigenvalue weighted by Crippen LogP contribution is 2.65. The summed E-state index contributed by atoms with van der Waals surface area (Å²) in [6, 6.07) is 0. The van der Waals surface area contributed by atoms with Gasteiger partial charge in [0.25, 0.3) is 0 Å². The van der Waals surface area contributed by atoms with Gasteiger partial charge in [-0.05, 0) is 178 Å². The predicted molar refractivity (Wildman–Crippen MR) is 210 cm³/mol. The monoisotopic (exact) mass is 725 g/mol. The molecule has 6 aliphatic carbocycles. The zero-order valence-electron chi connectivity index (χ0n) is 34.9. The average molecular weight is 725 g/mol. The summed E-state index contributed by atoms with van der Waals surface area (Å²) in [7, 11) is 0. The fraction of sp³-hybridized carbons (Fsp3) is 0.870. The lowest BCUT2D eigenvalue weighted by Gasteiger charge is -2.55. The van der Waals surface area contributed by atoms with Crippen molar-refractivity contribution in [2.24, 2.45) is 34.0 Å². The maximum absolute atomic E-state index is 11.6. The van der Waals surface area contributed by atoms with Crippen molar-refractivity contribution in [3.8, 4) is 0 Å². The SMILES string of the molecule is CC(C)(O)[C@@H]1CC[C@]2(C)CCC(=O)C=C2C1.CC(C)(O)[C@@H]1CC[C@]2(C)CCC(=O)C[C@]2(O)C1.CCCCC1=CCC[C@@]2(C)CC[C@@H]3C[C@]12OC3(C)C. The third-order valence-corrected chi connectivity index (χ3v) is 16.1. The molecule has 0 aromatic heterocycles. The standard InChI is InChI=1S/C18H30O.C14H24O3.C14H22O2/c1-5-6-8-14-9-7-11-17(4)12-10-15-13-18(14,17)19-16(15,2)3;1-12(2,16)10-4-6-13(3)7-5-11(15)9-14(13,17)8-10;1-13(2,16)10-4-6-14(3)7-5-12(15)9-11(14)8-10/h9,15H,5-8,10-13H2,1-4H3;10,16-17H,4-9H2,1-3H3;9-10,16H,4-8H2,1-3H3/t15-,17+,18+;10-,13-,14-;10-,14-/m111/s1. The number of Topliss-reactive ketones (excluding diaryl/α,β-unsaturated/α-hetero) is 1. The van der Waals surface area contributed by atoms with Crippen molar-refractivity contribution < 1.29 is 29.6 Å². The van der Waals surface area contributed by atoms with E-state index in [1.165, 1.54) is 56.9 Å². The number of hydrogen-bond donors (Lipinski definition) is 3. The Morgan fingerprint density at radius 3 is 2.12 bits per heavy atom. The number of aliphatic hydroxyl groups is 3. The summed E-state index contributed by atoms with van der Waals surface area (Å²) in [6.07, 6.45) is 23.7. The molecule has 3 N–H and O–H groups in total. The molecule has 52 heavy (non-hydrogen) atoms. The van der Waals surface area contributed by atoms with Crippen molar-refractivity contribution in [3.63, 3.8) is 0 Å². The van der Waals surface area contributed by atoms with Crippen molar-refractivity contribution in [1.82, 2.24) is 0 Å². The molecule has 296 valence electrons. The van der Waals surface area contributed by atoms with Crippen molar-refractivity contribution in [3.05, 3.63) is 23.3 Å². The van der Waals surface area contributed by atoms with Gasteiger partial charge in [0, 0.05) is 24.7 Å². The second kappa shape index (κ2) is 14.6. The largest absolute Gasteiger partial charge is 0.390 e. The smallest absolute Gasteiger partial charge is 0.155 e. The van der Waals surface area contributed by atoms with E-state index in [0.29, 0.717) is 30.6 Å². The molecule has 1 heterocycles. The van der Waals surface area contributed by atoms with E-state index in [4.69, 9.17) is 4.74 Å². The molecule has 1 aliphatic heterocycles. The number of allylic oxidation sites excluding steroid dienone is 3. The molecule has 0 amide bonds. The third-order valence-electron chi connectivity index (χ3n) is 16.1. The highest BCUT2D eigenvalue weighted by Gasteiger charge is 2.64. The Balaban J connectivity index is 0.000000151. The quantitative estimate of drug-likeness (QED) is 0.244. The number of unbranched alkanes of at least 4 members (excludes halogenated alkanes) is 1. The van der Waals surface area contributed by atoms with Crippen LogP contribution in [0.1, 0.15) is 191 Å². The van der Waals surface area contributed by atoms with Gasteiger partial charge in [-0.15, -0.1) is 0 Å². The second-order valence-corrected chi connectivity index (χ2v) is 21.1.